The van der Waals surface area contributed by atoms with Gasteiger partial charge in [-0.3, -0.25) is 0 Å². The van der Waals surface area contributed by atoms with Gasteiger partial charge in [0.1, 0.15) is 0 Å². The number of hydrogen-bond acceptors (Lipinski definition) is 4. The van der Waals surface area contributed by atoms with Crippen LogP contribution in [0.3, 0.4) is 0 Å². The van der Waals surface area contributed by atoms with Gasteiger partial charge in [0.25, 0.3) is 0 Å². The Kier molecular flexibility index (Phi) is 5.57. The predicted octanol–water partition coefficient (Wildman–Crippen LogP) is 6.11. The molecule has 0 aromatic heterocycles. The highest BCUT2D eigenvalue weighted by Gasteiger charge is 2.36. The number of rotatable bonds is 4. The van der Waals surface area contributed by atoms with Gasteiger partial charge in [-0.25, -0.2) is 9.79 Å². The molecule has 148 valence electrons. The summed E-state index contributed by atoms with van der Waals surface area (Å²) >= 11 is 1.22. The lowest BCUT2D eigenvalue weighted by Crippen LogP contribution is -2.33. The number of carboxylic acid groups (broad SMARTS) is 1. The van der Waals surface area contributed by atoms with Crippen molar-refractivity contribution in [2.75, 3.05) is 6.26 Å². The van der Waals surface area contributed by atoms with E-state index in [0.29, 0.717) is 5.90 Å². The second-order valence-corrected chi connectivity index (χ2v) is 9.05. The van der Waals surface area contributed by atoms with Gasteiger partial charge in [0.05, 0.1) is 23.3 Å². The Balaban J connectivity index is 2.03. The average Bonchev–Trinajstić information content (AvgIpc) is 2.65. The van der Waals surface area contributed by atoms with Gasteiger partial charge in [0, 0.05) is 11.8 Å². The molecule has 0 radical (unpaired) electrons. The summed E-state index contributed by atoms with van der Waals surface area (Å²) in [5.74, 6) is -0.479. The van der Waals surface area contributed by atoms with E-state index in [4.69, 9.17) is 14.3 Å². The van der Waals surface area contributed by atoms with Crippen molar-refractivity contribution in [3.05, 3.63) is 64.7 Å². The summed E-state index contributed by atoms with van der Waals surface area (Å²) < 4.78 is 5.69. The molecule has 1 aliphatic rings. The van der Waals surface area contributed by atoms with Crippen molar-refractivity contribution < 1.29 is 14.1 Å². The van der Waals surface area contributed by atoms with Crippen LogP contribution in [0.15, 0.2) is 47.5 Å². The first-order chi connectivity index (χ1) is 13.1. The smallest absolute Gasteiger partial charge is 0.335 e. The molecule has 0 saturated carbocycles. The molecule has 5 heteroatoms. The van der Waals surface area contributed by atoms with Gasteiger partial charge in [-0.05, 0) is 71.2 Å². The minimum absolute atomic E-state index is 0.111. The number of aromatic carboxylic acids is 1. The number of carboxylic acids is 1. The highest BCUT2D eigenvalue weighted by atomic mass is 32.2. The molecular weight excluding hydrogens is 370 g/mol. The highest BCUT2D eigenvalue weighted by molar-refractivity contribution is 7.94. The van der Waals surface area contributed by atoms with Crippen LogP contribution in [0.1, 0.15) is 67.6 Å². The zero-order valence-corrected chi connectivity index (χ0v) is 17.9. The maximum atomic E-state index is 11.1. The topological polar surface area (TPSA) is 58.9 Å². The maximum Gasteiger partial charge on any atom is 0.335 e. The van der Waals surface area contributed by atoms with Crippen LogP contribution in [0.2, 0.25) is 0 Å². The van der Waals surface area contributed by atoms with E-state index in [-0.39, 0.29) is 16.4 Å². The fourth-order valence-corrected chi connectivity index (χ4v) is 4.02. The van der Waals surface area contributed by atoms with E-state index in [1.54, 1.807) is 24.3 Å². The molecule has 2 aromatic rings. The first-order valence-electron chi connectivity index (χ1n) is 9.42. The van der Waals surface area contributed by atoms with E-state index < -0.39 is 5.97 Å². The lowest BCUT2D eigenvalue weighted by molar-refractivity contribution is 0.0697. The van der Waals surface area contributed by atoms with Crippen LogP contribution >= 0.6 is 12.0 Å². The van der Waals surface area contributed by atoms with E-state index in [1.807, 2.05) is 12.3 Å². The Bertz CT molecular complexity index is 914. The summed E-state index contributed by atoms with van der Waals surface area (Å²) in [4.78, 5) is 15.8. The number of hydrogen-bond donors (Lipinski definition) is 1. The molecule has 0 amide bonds. The van der Waals surface area contributed by atoms with E-state index >= 15 is 0 Å². The Morgan fingerprint density at radius 1 is 0.964 bits per heavy atom. The molecule has 0 fully saturated rings. The molecule has 0 unspecified atom stereocenters. The van der Waals surface area contributed by atoms with E-state index in [9.17, 15) is 4.79 Å². The third kappa shape index (κ3) is 4.09. The lowest BCUT2D eigenvalue weighted by Gasteiger charge is -2.41. The van der Waals surface area contributed by atoms with Crippen molar-refractivity contribution in [3.8, 4) is 0 Å². The van der Waals surface area contributed by atoms with Crippen molar-refractivity contribution in [1.82, 2.24) is 0 Å². The molecule has 1 N–H and O–H groups in total. The highest BCUT2D eigenvalue weighted by Crippen LogP contribution is 2.46. The number of benzene rings is 2. The second kappa shape index (κ2) is 7.63. The van der Waals surface area contributed by atoms with Gasteiger partial charge in [-0.15, -0.1) is 0 Å². The predicted molar refractivity (Wildman–Crippen MR) is 116 cm³/mol. The SMILES string of the molecule is CSOC(=Nc1ccc2c(c1)C(C)(C)CCC2(C)C)c1ccc(C(=O)O)cc1. The fraction of sp³-hybridized carbons (Fsp3) is 0.391. The van der Waals surface area contributed by atoms with Crippen LogP contribution < -0.4 is 0 Å². The number of aliphatic imine (C=N–C) groups is 1. The zero-order chi connectivity index (χ0) is 20.5. The largest absolute Gasteiger partial charge is 0.478 e. The minimum atomic E-state index is -0.949. The lowest BCUT2D eigenvalue weighted by atomic mass is 9.63. The molecule has 0 saturated heterocycles. The molecule has 28 heavy (non-hydrogen) atoms. The summed E-state index contributed by atoms with van der Waals surface area (Å²) in [6, 6.07) is 13.0. The van der Waals surface area contributed by atoms with Crippen LogP contribution in [0.5, 0.6) is 0 Å². The van der Waals surface area contributed by atoms with Crippen molar-refractivity contribution >= 4 is 29.6 Å². The third-order valence-electron chi connectivity index (χ3n) is 5.61. The first-order valence-corrected chi connectivity index (χ1v) is 10.6. The van der Waals surface area contributed by atoms with Gasteiger partial charge in [-0.1, -0.05) is 33.8 Å². The molecule has 0 spiro atoms. The van der Waals surface area contributed by atoms with E-state index in [1.165, 1.54) is 29.6 Å². The van der Waals surface area contributed by atoms with Crippen molar-refractivity contribution in [2.45, 2.75) is 51.4 Å². The van der Waals surface area contributed by atoms with Crippen molar-refractivity contribution in [2.24, 2.45) is 4.99 Å². The summed E-state index contributed by atoms with van der Waals surface area (Å²) in [7, 11) is 0. The Labute approximate surface area is 171 Å². The molecular formula is C23H27NO3S. The summed E-state index contributed by atoms with van der Waals surface area (Å²) in [5.41, 5.74) is 4.84. The molecule has 3 rings (SSSR count). The standard InChI is InChI=1S/C23H27NO3S/c1-22(2)12-13-23(3,4)19-14-17(10-11-18(19)22)24-20(27-28-5)15-6-8-16(9-7-15)21(25)26/h6-11,14H,12-13H2,1-5H3,(H,25,26). The average molecular weight is 398 g/mol. The normalized spacial score (nSPS) is 17.7. The van der Waals surface area contributed by atoms with E-state index in [0.717, 1.165) is 17.7 Å². The first kappa shape index (κ1) is 20.5. The van der Waals surface area contributed by atoms with Crippen LogP contribution in [-0.4, -0.2) is 23.2 Å². The van der Waals surface area contributed by atoms with Crippen LogP contribution in [-0.2, 0) is 15.0 Å². The molecule has 1 aliphatic carbocycles. The maximum absolute atomic E-state index is 11.1. The van der Waals surface area contributed by atoms with Gasteiger partial charge < -0.3 is 9.29 Å². The Morgan fingerprint density at radius 3 is 2.11 bits per heavy atom. The van der Waals surface area contributed by atoms with Crippen molar-refractivity contribution in [1.29, 1.82) is 0 Å². The van der Waals surface area contributed by atoms with Crippen molar-refractivity contribution in [3.63, 3.8) is 0 Å². The number of fused-ring (bicyclic) bond motifs is 1. The third-order valence-corrected chi connectivity index (χ3v) is 5.93. The zero-order valence-electron chi connectivity index (χ0n) is 17.1. The number of carbonyl (C=O) groups is 1. The number of nitrogens with zero attached hydrogens (tertiary/aromatic N) is 1. The van der Waals surface area contributed by atoms with E-state index in [2.05, 4.69) is 39.8 Å². The van der Waals surface area contributed by atoms with Gasteiger partial charge in [0.15, 0.2) is 0 Å². The fourth-order valence-electron chi connectivity index (χ4n) is 3.73. The van der Waals surface area contributed by atoms with Crippen LogP contribution in [0.4, 0.5) is 5.69 Å². The molecule has 0 heterocycles. The summed E-state index contributed by atoms with van der Waals surface area (Å²) in [6.45, 7) is 9.18. The monoisotopic (exact) mass is 397 g/mol. The Hall–Kier alpha value is -2.27. The molecule has 0 aliphatic heterocycles. The Morgan fingerprint density at radius 2 is 1.54 bits per heavy atom. The quantitative estimate of drug-likeness (QED) is 0.384. The van der Waals surface area contributed by atoms with Crippen LogP contribution in [0, 0.1) is 0 Å². The molecule has 4 nitrogen and oxygen atoms in total. The summed E-state index contributed by atoms with van der Waals surface area (Å²) in [5, 5.41) is 9.09. The van der Waals surface area contributed by atoms with Gasteiger partial charge in [-0.2, -0.15) is 0 Å². The second-order valence-electron chi connectivity index (χ2n) is 8.55. The van der Waals surface area contributed by atoms with Gasteiger partial charge in [0.2, 0.25) is 5.90 Å². The molecule has 0 atom stereocenters. The molecule has 0 bridgehead atoms. The van der Waals surface area contributed by atoms with Gasteiger partial charge >= 0.3 is 5.97 Å². The molecule has 2 aromatic carbocycles. The van der Waals surface area contributed by atoms with Crippen LogP contribution in [0.25, 0.3) is 0 Å². The minimum Gasteiger partial charge on any atom is -0.478 e. The summed E-state index contributed by atoms with van der Waals surface area (Å²) in [6.07, 6.45) is 4.15.